The van der Waals surface area contributed by atoms with Crippen LogP contribution >= 0.6 is 0 Å². The molecular weight excluding hydrogens is 346 g/mol. The van der Waals surface area contributed by atoms with Crippen molar-refractivity contribution < 1.29 is 8.42 Å². The lowest BCUT2D eigenvalue weighted by molar-refractivity contribution is 0.336. The van der Waals surface area contributed by atoms with Gasteiger partial charge in [-0.25, -0.2) is 13.4 Å². The molecule has 0 bridgehead atoms. The Morgan fingerprint density at radius 3 is 2.62 bits per heavy atom. The van der Waals surface area contributed by atoms with Gasteiger partial charge in [0.15, 0.2) is 0 Å². The summed E-state index contributed by atoms with van der Waals surface area (Å²) in [6.45, 7) is 4.79. The number of hydrogen-bond acceptors (Lipinski definition) is 4. The zero-order chi connectivity index (χ0) is 18.1. The summed E-state index contributed by atoms with van der Waals surface area (Å²) in [5.74, 6) is 0.545. The fourth-order valence-corrected chi connectivity index (χ4v) is 5.09. The summed E-state index contributed by atoms with van der Waals surface area (Å²) in [6, 6.07) is 10.7. The average molecular weight is 369 g/mol. The van der Waals surface area contributed by atoms with Crippen molar-refractivity contribution in [3.8, 4) is 0 Å². The van der Waals surface area contributed by atoms with Gasteiger partial charge in [-0.1, -0.05) is 17.7 Å². The van der Waals surface area contributed by atoms with E-state index in [0.717, 1.165) is 43.7 Å². The number of rotatable bonds is 4. The van der Waals surface area contributed by atoms with Crippen LogP contribution in [-0.4, -0.2) is 31.1 Å². The first-order chi connectivity index (χ1) is 12.6. The third kappa shape index (κ3) is 3.15. The van der Waals surface area contributed by atoms with E-state index in [0.29, 0.717) is 21.1 Å². The molecule has 4 rings (SSSR count). The van der Waals surface area contributed by atoms with E-state index < -0.39 is 9.84 Å². The molecule has 1 aliphatic heterocycles. The highest BCUT2D eigenvalue weighted by Gasteiger charge is 2.25. The second-order valence-electron chi connectivity index (χ2n) is 7.03. The van der Waals surface area contributed by atoms with E-state index in [1.54, 1.807) is 30.6 Å². The van der Waals surface area contributed by atoms with Crippen LogP contribution in [-0.2, 0) is 16.4 Å². The van der Waals surface area contributed by atoms with Crippen LogP contribution < -0.4 is 5.32 Å². The van der Waals surface area contributed by atoms with Gasteiger partial charge >= 0.3 is 0 Å². The van der Waals surface area contributed by atoms with Gasteiger partial charge < -0.3 is 9.88 Å². The summed E-state index contributed by atoms with van der Waals surface area (Å²) in [6.07, 6.45) is 5.71. The minimum atomic E-state index is -3.58. The quantitative estimate of drug-likeness (QED) is 0.767. The van der Waals surface area contributed by atoms with E-state index in [1.807, 2.05) is 29.7 Å². The number of piperidine rings is 1. The maximum atomic E-state index is 13.2. The first kappa shape index (κ1) is 17.2. The van der Waals surface area contributed by atoms with Crippen molar-refractivity contribution in [3.05, 3.63) is 54.4 Å². The van der Waals surface area contributed by atoms with Gasteiger partial charge in [-0.15, -0.1) is 0 Å². The van der Waals surface area contributed by atoms with Crippen LogP contribution in [0.25, 0.3) is 11.0 Å². The number of nitrogens with zero attached hydrogens (tertiary/aromatic N) is 2. The lowest BCUT2D eigenvalue weighted by Gasteiger charge is -2.23. The largest absolute Gasteiger partial charge is 0.331 e. The number of nitrogens with one attached hydrogen (secondary N) is 1. The monoisotopic (exact) mass is 369 g/mol. The third-order valence-electron chi connectivity index (χ3n) is 5.13. The molecule has 5 nitrogen and oxygen atoms in total. The molecule has 3 aromatic rings. The van der Waals surface area contributed by atoms with Crippen molar-refractivity contribution in [2.24, 2.45) is 5.92 Å². The molecular formula is C20H23N3O2S. The summed E-state index contributed by atoms with van der Waals surface area (Å²) in [7, 11) is -3.58. The molecule has 1 aromatic carbocycles. The minimum Gasteiger partial charge on any atom is -0.331 e. The summed E-state index contributed by atoms with van der Waals surface area (Å²) in [5, 5.41) is 4.07. The van der Waals surface area contributed by atoms with Crippen molar-refractivity contribution in [3.63, 3.8) is 0 Å². The Morgan fingerprint density at radius 1 is 1.15 bits per heavy atom. The molecule has 0 aliphatic carbocycles. The number of hydrogen-bond donors (Lipinski definition) is 1. The standard InChI is InChI=1S/C20H23N3O2S/c1-15-4-6-17(7-5-15)26(24,25)19-14-23(13-16-8-11-21-12-9-16)20-18(19)3-2-10-22-20/h2-7,10,14,16,21H,8-9,11-13H2,1H3. The fourth-order valence-electron chi connectivity index (χ4n) is 3.63. The predicted molar refractivity (Wildman–Crippen MR) is 102 cm³/mol. The number of aryl methyl sites for hydroxylation is 1. The van der Waals surface area contributed by atoms with Gasteiger partial charge in [0, 0.05) is 24.3 Å². The fraction of sp³-hybridized carbons (Fsp3) is 0.350. The summed E-state index contributed by atoms with van der Waals surface area (Å²) < 4.78 is 28.4. The van der Waals surface area contributed by atoms with Crippen molar-refractivity contribution >= 4 is 20.9 Å². The van der Waals surface area contributed by atoms with Gasteiger partial charge in [-0.05, 0) is 63.0 Å². The molecule has 1 saturated heterocycles. The van der Waals surface area contributed by atoms with Crippen LogP contribution in [0.1, 0.15) is 18.4 Å². The van der Waals surface area contributed by atoms with Crippen LogP contribution in [0.15, 0.2) is 58.6 Å². The number of benzene rings is 1. The molecule has 0 saturated carbocycles. The van der Waals surface area contributed by atoms with Gasteiger partial charge in [0.1, 0.15) is 5.65 Å². The van der Waals surface area contributed by atoms with Crippen molar-refractivity contribution in [1.82, 2.24) is 14.9 Å². The molecule has 3 heterocycles. The number of fused-ring (bicyclic) bond motifs is 1. The van der Waals surface area contributed by atoms with Gasteiger partial charge in [-0.2, -0.15) is 0 Å². The Balaban J connectivity index is 1.79. The van der Waals surface area contributed by atoms with Crippen molar-refractivity contribution in [2.45, 2.75) is 36.1 Å². The van der Waals surface area contributed by atoms with Gasteiger partial charge in [0.2, 0.25) is 9.84 Å². The first-order valence-corrected chi connectivity index (χ1v) is 10.5. The highest BCUT2D eigenvalue weighted by molar-refractivity contribution is 7.91. The van der Waals surface area contributed by atoms with E-state index in [9.17, 15) is 8.42 Å². The maximum absolute atomic E-state index is 13.2. The van der Waals surface area contributed by atoms with E-state index in [-0.39, 0.29) is 0 Å². The number of sulfone groups is 1. The number of aromatic nitrogens is 2. The van der Waals surface area contributed by atoms with Crippen molar-refractivity contribution in [2.75, 3.05) is 13.1 Å². The molecule has 6 heteroatoms. The molecule has 26 heavy (non-hydrogen) atoms. The van der Waals surface area contributed by atoms with Gasteiger partial charge in [0.25, 0.3) is 0 Å². The molecule has 1 N–H and O–H groups in total. The molecule has 1 fully saturated rings. The third-order valence-corrected chi connectivity index (χ3v) is 6.93. The lowest BCUT2D eigenvalue weighted by Crippen LogP contribution is -2.29. The van der Waals surface area contributed by atoms with Crippen LogP contribution in [0.2, 0.25) is 0 Å². The first-order valence-electron chi connectivity index (χ1n) is 9.02. The van der Waals surface area contributed by atoms with Crippen LogP contribution in [0.5, 0.6) is 0 Å². The van der Waals surface area contributed by atoms with E-state index in [1.165, 1.54) is 0 Å². The van der Waals surface area contributed by atoms with E-state index >= 15 is 0 Å². The lowest BCUT2D eigenvalue weighted by atomic mass is 9.98. The molecule has 2 aromatic heterocycles. The van der Waals surface area contributed by atoms with Crippen LogP contribution in [0.3, 0.4) is 0 Å². The predicted octanol–water partition coefficient (Wildman–Crippen LogP) is 3.18. The molecule has 0 unspecified atom stereocenters. The minimum absolute atomic E-state index is 0.327. The van der Waals surface area contributed by atoms with Gasteiger partial charge in [-0.3, -0.25) is 0 Å². The topological polar surface area (TPSA) is 64.0 Å². The Labute approximate surface area is 154 Å². The Kier molecular flexibility index (Phi) is 4.54. The summed E-state index contributed by atoms with van der Waals surface area (Å²) in [4.78, 5) is 5.14. The van der Waals surface area contributed by atoms with Crippen LogP contribution in [0, 0.1) is 12.8 Å². The molecule has 0 spiro atoms. The highest BCUT2D eigenvalue weighted by Crippen LogP contribution is 2.30. The maximum Gasteiger partial charge on any atom is 0.208 e. The second-order valence-corrected chi connectivity index (χ2v) is 8.95. The summed E-state index contributed by atoms with van der Waals surface area (Å²) >= 11 is 0. The van der Waals surface area contributed by atoms with Crippen LogP contribution in [0.4, 0.5) is 0 Å². The molecule has 0 radical (unpaired) electrons. The zero-order valence-electron chi connectivity index (χ0n) is 14.9. The molecule has 0 atom stereocenters. The molecule has 1 aliphatic rings. The Hall–Kier alpha value is -2.18. The zero-order valence-corrected chi connectivity index (χ0v) is 15.7. The molecule has 136 valence electrons. The highest BCUT2D eigenvalue weighted by atomic mass is 32.2. The second kappa shape index (κ2) is 6.85. The normalized spacial score (nSPS) is 16.2. The van der Waals surface area contributed by atoms with Crippen molar-refractivity contribution in [1.29, 1.82) is 0 Å². The molecule has 0 amide bonds. The van der Waals surface area contributed by atoms with E-state index in [4.69, 9.17) is 0 Å². The average Bonchev–Trinajstić information content (AvgIpc) is 3.02. The number of pyridine rings is 1. The Bertz CT molecular complexity index is 1020. The van der Waals surface area contributed by atoms with Gasteiger partial charge in [0.05, 0.1) is 9.79 Å². The smallest absolute Gasteiger partial charge is 0.208 e. The Morgan fingerprint density at radius 2 is 1.88 bits per heavy atom. The van der Waals surface area contributed by atoms with E-state index in [2.05, 4.69) is 10.3 Å². The summed E-state index contributed by atoms with van der Waals surface area (Å²) in [5.41, 5.74) is 1.79. The SMILES string of the molecule is Cc1ccc(S(=O)(=O)c2cn(CC3CCNCC3)c3ncccc23)cc1.